The van der Waals surface area contributed by atoms with Crippen molar-refractivity contribution in [2.24, 2.45) is 0 Å². The monoisotopic (exact) mass is 458 g/mol. The zero-order valence-electron chi connectivity index (χ0n) is 14.8. The third-order valence-electron chi connectivity index (χ3n) is 2.23. The van der Waals surface area contributed by atoms with E-state index in [1.54, 1.807) is 0 Å². The van der Waals surface area contributed by atoms with Gasteiger partial charge in [-0.2, -0.15) is 0 Å². The van der Waals surface area contributed by atoms with E-state index in [-0.39, 0.29) is 34.1 Å². The molecule has 2 aliphatic rings. The molecule has 0 N–H and O–H groups in total. The second kappa shape index (κ2) is 45.0. The minimum Gasteiger partial charge on any atom is -0.299 e. The maximum atomic E-state index is 7.50. The minimum atomic E-state index is 0. The first-order chi connectivity index (χ1) is 12.8. The first kappa shape index (κ1) is 41.4. The summed E-state index contributed by atoms with van der Waals surface area (Å²) in [6.07, 6.45) is 20.0. The van der Waals surface area contributed by atoms with Crippen molar-refractivity contribution in [3.05, 3.63) is 140 Å². The van der Waals surface area contributed by atoms with E-state index in [2.05, 4.69) is 40.4 Å². The summed E-state index contributed by atoms with van der Waals surface area (Å²) in [6, 6.07) is 7.80. The van der Waals surface area contributed by atoms with Crippen LogP contribution in [0.25, 0.3) is 0 Å². The molecule has 0 spiro atoms. The van der Waals surface area contributed by atoms with Crippen molar-refractivity contribution in [1.82, 2.24) is 0 Å². The van der Waals surface area contributed by atoms with Gasteiger partial charge in [-0.25, -0.2) is 12.1 Å². The van der Waals surface area contributed by atoms with Gasteiger partial charge in [0, 0.05) is 34.1 Å². The summed E-state index contributed by atoms with van der Waals surface area (Å²) in [5.74, 6) is 0. The third-order valence-corrected chi connectivity index (χ3v) is 2.23. The number of rotatable bonds is 0. The Morgan fingerprint density at radius 3 is 0.679 bits per heavy atom. The maximum Gasteiger partial charge on any atom is 0 e. The summed E-state index contributed by atoms with van der Waals surface area (Å²) in [7, 11) is 0. The molecular weight excluding hydrogens is 440 g/mol. The Bertz CT molecular complexity index is 390. The molecule has 4 nitrogen and oxygen atoms in total. The van der Waals surface area contributed by atoms with E-state index in [1.165, 1.54) is 0 Å². The Kier molecular flexibility index (Phi) is 66.4. The number of hydrogen-bond donors (Lipinski definition) is 0. The van der Waals surface area contributed by atoms with Gasteiger partial charge < -0.3 is 0 Å². The fourth-order valence-corrected chi connectivity index (χ4v) is 1.20. The molecule has 0 heterocycles. The molecule has 0 atom stereocenters. The second-order valence-corrected chi connectivity index (χ2v) is 3.69. The molecule has 1 aromatic rings. The molecule has 0 aromatic heterocycles. The molecular formula is C22H18Fe2O4-2. The molecule has 6 heteroatoms. The summed E-state index contributed by atoms with van der Waals surface area (Å²) in [5.41, 5.74) is 2.01. The molecule has 2 fully saturated rings. The van der Waals surface area contributed by atoms with Crippen LogP contribution in [0.15, 0.2) is 24.3 Å². The molecule has 2 aliphatic carbocycles. The first-order valence-corrected chi connectivity index (χ1v) is 6.68. The number of benzene rings is 1. The van der Waals surface area contributed by atoms with Crippen molar-refractivity contribution < 1.29 is 52.7 Å². The molecule has 0 amide bonds. The SMILES string of the molecule is [C-]#[O+].[C-]#[O+].[C-]#[O+].[C-]#[O+].[CH2-]c1ccccc1[CH2-].[CH]1[CH][CH][CH][CH]1.[CH]1[CH][CH][CH][CH]1.[Fe].[Fe]. The first-order valence-electron chi connectivity index (χ1n) is 6.68. The van der Waals surface area contributed by atoms with Crippen molar-refractivity contribution in [1.29, 1.82) is 0 Å². The van der Waals surface area contributed by atoms with Gasteiger partial charge in [-0.3, -0.25) is 25.0 Å². The molecule has 10 radical (unpaired) electrons. The minimum absolute atomic E-state index is 0. The molecule has 0 bridgehead atoms. The van der Waals surface area contributed by atoms with Crippen LogP contribution in [0.3, 0.4) is 0 Å². The van der Waals surface area contributed by atoms with Gasteiger partial charge in [0.15, 0.2) is 0 Å². The van der Waals surface area contributed by atoms with E-state index in [0.717, 1.165) is 11.1 Å². The van der Waals surface area contributed by atoms with Crippen molar-refractivity contribution in [2.45, 2.75) is 0 Å². The predicted molar refractivity (Wildman–Crippen MR) is 94.1 cm³/mol. The molecule has 1 aromatic carbocycles. The van der Waals surface area contributed by atoms with Crippen LogP contribution >= 0.6 is 0 Å². The van der Waals surface area contributed by atoms with Gasteiger partial charge in [0.25, 0.3) is 0 Å². The van der Waals surface area contributed by atoms with E-state index in [0.29, 0.717) is 0 Å². The van der Waals surface area contributed by atoms with E-state index in [9.17, 15) is 0 Å². The Labute approximate surface area is 192 Å². The summed E-state index contributed by atoms with van der Waals surface area (Å²) >= 11 is 0. The normalized spacial score (nSPS) is 11.4. The Morgan fingerprint density at radius 1 is 0.429 bits per heavy atom. The maximum absolute atomic E-state index is 7.50. The zero-order chi connectivity index (χ0) is 21.1. The van der Waals surface area contributed by atoms with Crippen LogP contribution in [-0.2, 0) is 52.7 Å². The predicted octanol–water partition coefficient (Wildman–Crippen LogP) is 3.94. The van der Waals surface area contributed by atoms with Crippen molar-refractivity contribution in [3.8, 4) is 0 Å². The molecule has 148 valence electrons. The van der Waals surface area contributed by atoms with Gasteiger partial charge in [0.05, 0.1) is 0 Å². The van der Waals surface area contributed by atoms with Crippen LogP contribution in [0.4, 0.5) is 0 Å². The molecule has 0 unspecified atom stereocenters. The van der Waals surface area contributed by atoms with Gasteiger partial charge >= 0.3 is 45.2 Å². The number of hydrogen-bond acceptors (Lipinski definition) is 0. The summed E-state index contributed by atoms with van der Waals surface area (Å²) < 4.78 is 30.0. The van der Waals surface area contributed by atoms with Gasteiger partial charge in [0.2, 0.25) is 0 Å². The molecule has 3 rings (SSSR count). The standard InChI is InChI=1S/C8H8.2C5H5.4CO.2Fe/c1-7-5-3-4-6-8(7)2;2*1-2-4-5-3-1;4*1-2;;/h3-6H,1-2H2;2*1-5H;;;;;;/q-2;;;;;;;;. The summed E-state index contributed by atoms with van der Waals surface area (Å²) in [5, 5.41) is 0. The molecule has 0 aliphatic heterocycles. The van der Waals surface area contributed by atoms with E-state index in [1.807, 2.05) is 88.5 Å². The van der Waals surface area contributed by atoms with Crippen LogP contribution in [0.1, 0.15) is 11.1 Å². The summed E-state index contributed by atoms with van der Waals surface area (Å²) in [4.78, 5) is 0. The van der Waals surface area contributed by atoms with Gasteiger partial charge in [0.1, 0.15) is 0 Å². The fourth-order valence-electron chi connectivity index (χ4n) is 1.20. The molecule has 2 saturated carbocycles. The fraction of sp³-hybridized carbons (Fsp3) is 0. The van der Waals surface area contributed by atoms with Crippen LogP contribution in [0, 0.1) is 105 Å². The average Bonchev–Trinajstić information content (AvgIpc) is 3.49. The van der Waals surface area contributed by atoms with Gasteiger partial charge in [-0.05, 0) is 64.2 Å². The molecule has 0 saturated heterocycles. The topological polar surface area (TPSA) is 79.6 Å². The summed E-state index contributed by atoms with van der Waals surface area (Å²) in [6.45, 7) is 25.5. The van der Waals surface area contributed by atoms with Crippen molar-refractivity contribution >= 4 is 0 Å². The second-order valence-electron chi connectivity index (χ2n) is 3.69. The van der Waals surface area contributed by atoms with Crippen molar-refractivity contribution in [2.75, 3.05) is 0 Å². The zero-order valence-corrected chi connectivity index (χ0v) is 17.0. The van der Waals surface area contributed by atoms with E-state index >= 15 is 0 Å². The quantitative estimate of drug-likeness (QED) is 0.321. The average molecular weight is 458 g/mol. The Balaban J connectivity index is -0.0000000544. The van der Waals surface area contributed by atoms with Gasteiger partial charge in [-0.15, -0.1) is 12.1 Å². The van der Waals surface area contributed by atoms with E-state index < -0.39 is 0 Å². The molecule has 28 heavy (non-hydrogen) atoms. The van der Waals surface area contributed by atoms with E-state index in [4.69, 9.17) is 18.6 Å². The van der Waals surface area contributed by atoms with Crippen LogP contribution in [0.2, 0.25) is 0 Å². The largest absolute Gasteiger partial charge is 0.299 e. The smallest absolute Gasteiger partial charge is 0 e. The Morgan fingerprint density at radius 2 is 0.571 bits per heavy atom. The van der Waals surface area contributed by atoms with Crippen LogP contribution < -0.4 is 0 Å². The van der Waals surface area contributed by atoms with Crippen LogP contribution in [0.5, 0.6) is 0 Å². The van der Waals surface area contributed by atoms with Crippen LogP contribution in [-0.4, -0.2) is 0 Å². The van der Waals surface area contributed by atoms with Gasteiger partial charge in [-0.1, -0.05) is 0 Å². The third kappa shape index (κ3) is 36.0. The van der Waals surface area contributed by atoms with Crippen molar-refractivity contribution in [3.63, 3.8) is 0 Å². The Hall–Kier alpha value is -1.04.